The van der Waals surface area contributed by atoms with Crippen LogP contribution in [-0.4, -0.2) is 14.4 Å². The van der Waals surface area contributed by atoms with Gasteiger partial charge in [0.15, 0.2) is 5.76 Å². The Morgan fingerprint density at radius 1 is 1.00 bits per heavy atom. The summed E-state index contributed by atoms with van der Waals surface area (Å²) in [5, 5.41) is 0. The zero-order chi connectivity index (χ0) is 15.7. The second kappa shape index (κ2) is 5.31. The zero-order valence-corrected chi connectivity index (χ0v) is 12.5. The summed E-state index contributed by atoms with van der Waals surface area (Å²) in [6.45, 7) is 1.86. The molecule has 5 nitrogen and oxygen atoms in total. The molecular weight excluding hydrogens is 304 g/mol. The van der Waals surface area contributed by atoms with E-state index in [-0.39, 0.29) is 10.7 Å². The van der Waals surface area contributed by atoms with E-state index in [9.17, 15) is 13.2 Å². The molecule has 2 aromatic rings. The first-order valence-electron chi connectivity index (χ1n) is 6.49. The molecule has 3 rings (SSSR count). The minimum Gasteiger partial charge on any atom is -0.419 e. The molecule has 0 saturated carbocycles. The molecule has 0 unspecified atom stereocenters. The van der Waals surface area contributed by atoms with Crippen molar-refractivity contribution < 1.29 is 22.1 Å². The Morgan fingerprint density at radius 3 is 2.32 bits per heavy atom. The van der Waals surface area contributed by atoms with Crippen molar-refractivity contribution in [1.82, 2.24) is 0 Å². The first kappa shape index (κ1) is 14.3. The van der Waals surface area contributed by atoms with Gasteiger partial charge in [0, 0.05) is 5.56 Å². The van der Waals surface area contributed by atoms with Crippen molar-refractivity contribution in [3.8, 4) is 0 Å². The molecular formula is C16H12O5S. The van der Waals surface area contributed by atoms with E-state index in [0.717, 1.165) is 11.8 Å². The van der Waals surface area contributed by atoms with E-state index in [4.69, 9.17) is 8.92 Å². The summed E-state index contributed by atoms with van der Waals surface area (Å²) in [4.78, 5) is 11.7. The maximum atomic E-state index is 12.1. The van der Waals surface area contributed by atoms with E-state index in [1.54, 1.807) is 36.4 Å². The highest BCUT2D eigenvalue weighted by molar-refractivity contribution is 7.86. The van der Waals surface area contributed by atoms with Gasteiger partial charge in [0.25, 0.3) is 0 Å². The van der Waals surface area contributed by atoms with Crippen LogP contribution in [-0.2, 0) is 19.0 Å². The molecule has 0 aliphatic carbocycles. The van der Waals surface area contributed by atoms with Crippen molar-refractivity contribution in [2.24, 2.45) is 0 Å². The Morgan fingerprint density at radius 2 is 1.64 bits per heavy atom. The van der Waals surface area contributed by atoms with Crippen LogP contribution in [0.4, 0.5) is 0 Å². The van der Waals surface area contributed by atoms with Gasteiger partial charge in [0.1, 0.15) is 11.2 Å². The smallest absolute Gasteiger partial charge is 0.344 e. The van der Waals surface area contributed by atoms with Crippen LogP contribution >= 0.6 is 0 Å². The molecule has 0 atom stereocenters. The largest absolute Gasteiger partial charge is 0.419 e. The normalized spacial score (nSPS) is 15.5. The number of hydrogen-bond donors (Lipinski definition) is 0. The number of cyclic esters (lactones) is 1. The molecule has 6 heteroatoms. The lowest BCUT2D eigenvalue weighted by Gasteiger charge is -2.04. The number of aryl methyl sites for hydroxylation is 1. The average molecular weight is 316 g/mol. The third-order valence-electron chi connectivity index (χ3n) is 3.21. The van der Waals surface area contributed by atoms with Gasteiger partial charge in [-0.1, -0.05) is 35.9 Å². The summed E-state index contributed by atoms with van der Waals surface area (Å²) in [7, 11) is -3.95. The third kappa shape index (κ3) is 2.60. The number of fused-ring (bicyclic) bond motifs is 1. The lowest BCUT2D eigenvalue weighted by molar-refractivity contribution is 0.0712. The topological polar surface area (TPSA) is 69.7 Å². The highest BCUT2D eigenvalue weighted by atomic mass is 32.2. The summed E-state index contributed by atoms with van der Waals surface area (Å²) in [6.07, 6.45) is 0.943. The van der Waals surface area contributed by atoms with Gasteiger partial charge in [-0.05, 0) is 25.1 Å². The van der Waals surface area contributed by atoms with Crippen LogP contribution in [0.2, 0.25) is 0 Å². The number of hydrogen-bond acceptors (Lipinski definition) is 5. The fourth-order valence-corrected chi connectivity index (χ4v) is 2.84. The number of ether oxygens (including phenoxy) is 1. The predicted molar refractivity (Wildman–Crippen MR) is 79.3 cm³/mol. The number of esters is 1. The highest BCUT2D eigenvalue weighted by Gasteiger charge is 2.27. The average Bonchev–Trinajstić information content (AvgIpc) is 2.83. The van der Waals surface area contributed by atoms with Gasteiger partial charge in [-0.2, -0.15) is 8.42 Å². The van der Waals surface area contributed by atoms with Crippen molar-refractivity contribution in [2.75, 3.05) is 0 Å². The van der Waals surface area contributed by atoms with Crippen LogP contribution in [0.1, 0.15) is 21.5 Å². The Kier molecular flexibility index (Phi) is 3.46. The predicted octanol–water partition coefficient (Wildman–Crippen LogP) is 2.87. The van der Waals surface area contributed by atoms with E-state index in [1.807, 2.05) is 6.92 Å². The van der Waals surface area contributed by atoms with Crippen molar-refractivity contribution in [3.05, 3.63) is 71.5 Å². The Labute approximate surface area is 127 Å². The van der Waals surface area contributed by atoms with Crippen molar-refractivity contribution >= 4 is 21.8 Å². The van der Waals surface area contributed by atoms with Crippen LogP contribution in [0.3, 0.4) is 0 Å². The van der Waals surface area contributed by atoms with Crippen LogP contribution in [0.25, 0.3) is 5.76 Å². The minimum atomic E-state index is -3.95. The molecule has 0 spiro atoms. The Balaban J connectivity index is 1.89. The van der Waals surface area contributed by atoms with Gasteiger partial charge in [-0.3, -0.25) is 0 Å². The monoisotopic (exact) mass is 316 g/mol. The van der Waals surface area contributed by atoms with Crippen molar-refractivity contribution in [3.63, 3.8) is 0 Å². The molecule has 0 saturated heterocycles. The lowest BCUT2D eigenvalue weighted by Crippen LogP contribution is -2.03. The molecule has 0 amide bonds. The number of rotatable bonds is 3. The molecule has 112 valence electrons. The molecule has 2 aromatic carbocycles. The summed E-state index contributed by atoms with van der Waals surface area (Å²) < 4.78 is 34.1. The van der Waals surface area contributed by atoms with Crippen LogP contribution in [0, 0.1) is 6.92 Å². The van der Waals surface area contributed by atoms with Gasteiger partial charge in [0.05, 0.1) is 5.56 Å². The molecule has 1 aliphatic heterocycles. The maximum Gasteiger partial charge on any atom is 0.344 e. The van der Waals surface area contributed by atoms with Crippen LogP contribution in [0.15, 0.2) is 59.7 Å². The van der Waals surface area contributed by atoms with Crippen LogP contribution in [0.5, 0.6) is 0 Å². The SMILES string of the molecule is Cc1ccc(S(=O)(=O)O/C=C2/OC(=O)c3ccccc32)cc1. The Bertz CT molecular complexity index is 864. The molecule has 0 radical (unpaired) electrons. The van der Waals surface area contributed by atoms with Gasteiger partial charge >= 0.3 is 16.1 Å². The number of carbonyl (C=O) groups excluding carboxylic acids is 1. The van der Waals surface area contributed by atoms with Crippen molar-refractivity contribution in [1.29, 1.82) is 0 Å². The summed E-state index contributed by atoms with van der Waals surface area (Å²) in [6, 6.07) is 13.0. The molecule has 0 bridgehead atoms. The van der Waals surface area contributed by atoms with Crippen LogP contribution < -0.4 is 0 Å². The van der Waals surface area contributed by atoms with Crippen molar-refractivity contribution in [2.45, 2.75) is 11.8 Å². The molecule has 0 fully saturated rings. The minimum absolute atomic E-state index is 0.0348. The fourth-order valence-electron chi connectivity index (χ4n) is 2.04. The van der Waals surface area contributed by atoms with E-state index in [2.05, 4.69) is 0 Å². The highest BCUT2D eigenvalue weighted by Crippen LogP contribution is 2.29. The Hall–Kier alpha value is -2.60. The van der Waals surface area contributed by atoms with E-state index in [1.165, 1.54) is 12.1 Å². The summed E-state index contributed by atoms with van der Waals surface area (Å²) in [5.74, 6) is -0.450. The van der Waals surface area contributed by atoms with E-state index in [0.29, 0.717) is 11.1 Å². The third-order valence-corrected chi connectivity index (χ3v) is 4.41. The van der Waals surface area contributed by atoms with Gasteiger partial charge in [-0.25, -0.2) is 4.79 Å². The molecule has 1 heterocycles. The maximum absolute atomic E-state index is 12.1. The van der Waals surface area contributed by atoms with Gasteiger partial charge in [-0.15, -0.1) is 0 Å². The van der Waals surface area contributed by atoms with Gasteiger partial charge in [0.2, 0.25) is 0 Å². The molecule has 22 heavy (non-hydrogen) atoms. The second-order valence-corrected chi connectivity index (χ2v) is 6.35. The summed E-state index contributed by atoms with van der Waals surface area (Å²) >= 11 is 0. The number of carbonyl (C=O) groups is 1. The second-order valence-electron chi connectivity index (χ2n) is 4.78. The van der Waals surface area contributed by atoms with Gasteiger partial charge < -0.3 is 8.92 Å². The lowest BCUT2D eigenvalue weighted by atomic mass is 10.1. The fraction of sp³-hybridized carbons (Fsp3) is 0.0625. The van der Waals surface area contributed by atoms with E-state index >= 15 is 0 Å². The first-order valence-corrected chi connectivity index (χ1v) is 7.90. The molecule has 0 aromatic heterocycles. The van der Waals surface area contributed by atoms with E-state index < -0.39 is 16.1 Å². The summed E-state index contributed by atoms with van der Waals surface area (Å²) in [5.41, 5.74) is 1.83. The zero-order valence-electron chi connectivity index (χ0n) is 11.6. The molecule has 0 N–H and O–H groups in total. The quantitative estimate of drug-likeness (QED) is 0.495. The standard InChI is InChI=1S/C16H12O5S/c1-11-6-8-12(9-7-11)22(18,19)20-10-15-13-4-2-3-5-14(13)16(17)21-15/h2-10H,1H3/b15-10+. The number of benzene rings is 2. The molecule has 1 aliphatic rings. The first-order chi connectivity index (χ1) is 10.5.